The Balaban J connectivity index is 2.49. The Morgan fingerprint density at radius 2 is 1.40 bits per heavy atom. The van der Waals surface area contributed by atoms with Crippen LogP contribution in [0.25, 0.3) is 0 Å². The summed E-state index contributed by atoms with van der Waals surface area (Å²) in [5.74, 6) is 0.530. The van der Waals surface area contributed by atoms with E-state index in [0.29, 0.717) is 25.7 Å². The summed E-state index contributed by atoms with van der Waals surface area (Å²) in [4.78, 5) is 0. The summed E-state index contributed by atoms with van der Waals surface area (Å²) in [6, 6.07) is 1.69. The van der Waals surface area contributed by atoms with Crippen LogP contribution in [-0.4, -0.2) is 82.6 Å². The summed E-state index contributed by atoms with van der Waals surface area (Å²) in [5, 5.41) is 14.0. The van der Waals surface area contributed by atoms with Crippen molar-refractivity contribution in [3.8, 4) is 0 Å². The monoisotopic (exact) mass is 467 g/mol. The topological polar surface area (TPSA) is 87.6 Å². The quantitative estimate of drug-likeness (QED) is 0.249. The van der Waals surface area contributed by atoms with Crippen molar-refractivity contribution in [2.75, 3.05) is 47.7 Å². The molecule has 0 aromatic heterocycles. The molecule has 1 fully saturated rings. The smallest absolute Gasteiger partial charge is 0.392 e. The van der Waals surface area contributed by atoms with Gasteiger partial charge in [-0.05, 0) is 65.3 Å². The fraction of sp³-hybridized carbons (Fsp3) is 1.00. The van der Waals surface area contributed by atoms with E-state index in [0.717, 1.165) is 50.7 Å². The van der Waals surface area contributed by atoms with Gasteiger partial charge in [-0.15, -0.1) is 0 Å². The van der Waals surface area contributed by atoms with Crippen molar-refractivity contribution >= 4 is 17.6 Å². The fourth-order valence-electron chi connectivity index (χ4n) is 4.25. The van der Waals surface area contributed by atoms with E-state index in [1.165, 1.54) is 0 Å². The van der Waals surface area contributed by atoms with E-state index in [2.05, 4.69) is 5.32 Å². The van der Waals surface area contributed by atoms with E-state index >= 15 is 0 Å². The van der Waals surface area contributed by atoms with Gasteiger partial charge in [0, 0.05) is 59.3 Å². The lowest BCUT2D eigenvalue weighted by Crippen LogP contribution is -2.48. The molecule has 0 aromatic rings. The number of aliphatic hydroxyl groups is 1. The molecule has 3 atom stereocenters. The van der Waals surface area contributed by atoms with Gasteiger partial charge in [-0.3, -0.25) is 0 Å². The van der Waals surface area contributed by atoms with Gasteiger partial charge in [0.05, 0.1) is 6.10 Å². The molecule has 30 heavy (non-hydrogen) atoms. The molecule has 0 amide bonds. The van der Waals surface area contributed by atoms with E-state index in [1.54, 1.807) is 21.3 Å². The molecule has 10 heteroatoms. The molecule has 0 heterocycles. The SMILES string of the molecule is CCO[Si](CCCNC1CC(CC[Si](OC)(OC)OC)CCC1O)(OCC)OCC. The predicted molar refractivity (Wildman–Crippen MR) is 121 cm³/mol. The summed E-state index contributed by atoms with van der Waals surface area (Å²) in [7, 11) is -0.164. The Hall–Kier alpha value is 0.114. The molecule has 180 valence electrons. The molecule has 0 aliphatic heterocycles. The highest BCUT2D eigenvalue weighted by molar-refractivity contribution is 6.61. The maximum absolute atomic E-state index is 10.5. The van der Waals surface area contributed by atoms with Crippen LogP contribution >= 0.6 is 0 Å². The first kappa shape index (κ1) is 28.1. The summed E-state index contributed by atoms with van der Waals surface area (Å²) in [5.41, 5.74) is 0. The number of hydrogen-bond acceptors (Lipinski definition) is 8. The van der Waals surface area contributed by atoms with Crippen LogP contribution in [0.1, 0.15) is 52.9 Å². The zero-order valence-electron chi connectivity index (χ0n) is 19.9. The maximum atomic E-state index is 10.5. The van der Waals surface area contributed by atoms with Crippen LogP contribution in [0, 0.1) is 5.92 Å². The maximum Gasteiger partial charge on any atom is 0.500 e. The lowest BCUT2D eigenvalue weighted by molar-refractivity contribution is 0.0638. The summed E-state index contributed by atoms with van der Waals surface area (Å²) >= 11 is 0. The average molecular weight is 468 g/mol. The van der Waals surface area contributed by atoms with Crippen LogP contribution in [0.5, 0.6) is 0 Å². The molecule has 3 unspecified atom stereocenters. The second-order valence-corrected chi connectivity index (χ2v) is 13.5. The second-order valence-electron chi connectivity index (χ2n) is 7.73. The molecule has 1 aliphatic carbocycles. The van der Waals surface area contributed by atoms with Crippen LogP contribution in [0.4, 0.5) is 0 Å². The molecule has 0 radical (unpaired) electrons. The Kier molecular flexibility index (Phi) is 14.1. The van der Waals surface area contributed by atoms with Gasteiger partial charge >= 0.3 is 17.6 Å². The number of rotatable bonds is 17. The summed E-state index contributed by atoms with van der Waals surface area (Å²) in [6.07, 6.45) is 4.38. The first-order valence-corrected chi connectivity index (χ1v) is 15.3. The van der Waals surface area contributed by atoms with Gasteiger partial charge < -0.3 is 37.0 Å². The van der Waals surface area contributed by atoms with Crippen molar-refractivity contribution in [2.24, 2.45) is 5.92 Å². The minimum Gasteiger partial charge on any atom is -0.392 e. The van der Waals surface area contributed by atoms with Gasteiger partial charge in [-0.1, -0.05) is 0 Å². The lowest BCUT2D eigenvalue weighted by Gasteiger charge is -2.35. The van der Waals surface area contributed by atoms with Crippen LogP contribution in [0.15, 0.2) is 0 Å². The van der Waals surface area contributed by atoms with E-state index in [1.807, 2.05) is 20.8 Å². The molecule has 0 aromatic carbocycles. The standard InChI is InChI=1S/C20H45NO7Si2/c1-7-26-30(27-8-2,28-9-3)15-10-14-21-19-17-18(11-12-20(19)22)13-16-29(23-4,24-5)25-6/h18-22H,7-17H2,1-6H3. The molecule has 0 spiro atoms. The Morgan fingerprint density at radius 1 is 0.833 bits per heavy atom. The van der Waals surface area contributed by atoms with Gasteiger partial charge in [0.15, 0.2) is 0 Å². The van der Waals surface area contributed by atoms with E-state index in [4.69, 9.17) is 26.6 Å². The second kappa shape index (κ2) is 15.0. The van der Waals surface area contributed by atoms with Crippen molar-refractivity contribution in [1.82, 2.24) is 5.32 Å². The molecule has 8 nitrogen and oxygen atoms in total. The summed E-state index contributed by atoms with van der Waals surface area (Å²) < 4.78 is 34.4. The molecular formula is C20H45NO7Si2. The molecule has 0 saturated heterocycles. The normalized spacial score (nSPS) is 23.1. The van der Waals surface area contributed by atoms with Gasteiger partial charge in [-0.25, -0.2) is 0 Å². The van der Waals surface area contributed by atoms with E-state index in [9.17, 15) is 5.11 Å². The van der Waals surface area contributed by atoms with E-state index in [-0.39, 0.29) is 12.1 Å². The zero-order valence-corrected chi connectivity index (χ0v) is 21.9. The highest BCUT2D eigenvalue weighted by Crippen LogP contribution is 2.31. The van der Waals surface area contributed by atoms with Crippen LogP contribution in [0.3, 0.4) is 0 Å². The van der Waals surface area contributed by atoms with Crippen molar-refractivity contribution in [3.05, 3.63) is 0 Å². The van der Waals surface area contributed by atoms with Crippen molar-refractivity contribution in [3.63, 3.8) is 0 Å². The average Bonchev–Trinajstić information content (AvgIpc) is 2.75. The Bertz CT molecular complexity index is 418. The third-order valence-corrected chi connectivity index (χ3v) is 11.8. The van der Waals surface area contributed by atoms with E-state index < -0.39 is 17.6 Å². The van der Waals surface area contributed by atoms with Crippen molar-refractivity contribution in [2.45, 2.75) is 77.1 Å². The van der Waals surface area contributed by atoms with Crippen molar-refractivity contribution < 1.29 is 31.7 Å². The Morgan fingerprint density at radius 3 is 1.90 bits per heavy atom. The number of aliphatic hydroxyl groups excluding tert-OH is 1. The minimum atomic E-state index is -2.60. The predicted octanol–water partition coefficient (Wildman–Crippen LogP) is 2.81. The van der Waals surface area contributed by atoms with Crippen LogP contribution < -0.4 is 5.32 Å². The largest absolute Gasteiger partial charge is 0.500 e. The molecule has 1 saturated carbocycles. The molecule has 2 N–H and O–H groups in total. The zero-order chi connectivity index (χ0) is 22.5. The van der Waals surface area contributed by atoms with Crippen LogP contribution in [-0.2, 0) is 26.6 Å². The third-order valence-electron chi connectivity index (χ3n) is 5.87. The van der Waals surface area contributed by atoms with Gasteiger partial charge in [0.2, 0.25) is 0 Å². The first-order valence-electron chi connectivity index (χ1n) is 11.4. The van der Waals surface area contributed by atoms with Gasteiger partial charge in [-0.2, -0.15) is 0 Å². The Labute approximate surface area is 185 Å². The van der Waals surface area contributed by atoms with Crippen molar-refractivity contribution in [1.29, 1.82) is 0 Å². The van der Waals surface area contributed by atoms with Crippen LogP contribution in [0.2, 0.25) is 12.1 Å². The third kappa shape index (κ3) is 8.93. The molecule has 1 aliphatic rings. The molecular weight excluding hydrogens is 422 g/mol. The lowest BCUT2D eigenvalue weighted by atomic mass is 9.82. The first-order chi connectivity index (χ1) is 14.4. The summed E-state index contributed by atoms with van der Waals surface area (Å²) in [6.45, 7) is 8.53. The van der Waals surface area contributed by atoms with Gasteiger partial charge in [0.1, 0.15) is 0 Å². The highest BCUT2D eigenvalue weighted by Gasteiger charge is 2.41. The minimum absolute atomic E-state index is 0.106. The number of hydrogen-bond donors (Lipinski definition) is 2. The highest BCUT2D eigenvalue weighted by atomic mass is 28.4. The van der Waals surface area contributed by atoms with Gasteiger partial charge in [0.25, 0.3) is 0 Å². The number of nitrogens with one attached hydrogen (secondary N) is 1. The fourth-order valence-corrected chi connectivity index (χ4v) is 8.74. The molecule has 1 rings (SSSR count). The molecule has 0 bridgehead atoms.